The predicted molar refractivity (Wildman–Crippen MR) is 143 cm³/mol. The molecule has 0 aliphatic carbocycles. The molecule has 0 unspecified atom stereocenters. The van der Waals surface area contributed by atoms with E-state index in [-0.39, 0.29) is 34.5 Å². The van der Waals surface area contributed by atoms with Gasteiger partial charge in [-0.25, -0.2) is 18.2 Å². The highest BCUT2D eigenvalue weighted by Gasteiger charge is 2.21. The minimum atomic E-state index is -2.27. The zero-order valence-corrected chi connectivity index (χ0v) is 21.7. The Morgan fingerprint density at radius 3 is 2.31 bits per heavy atom. The van der Waals surface area contributed by atoms with E-state index in [1.54, 1.807) is 12.1 Å². The van der Waals surface area contributed by atoms with Crippen LogP contribution in [-0.4, -0.2) is 55.1 Å². The van der Waals surface area contributed by atoms with Gasteiger partial charge in [-0.2, -0.15) is 8.78 Å². The van der Waals surface area contributed by atoms with Crippen molar-refractivity contribution in [2.45, 2.75) is 39.0 Å². The summed E-state index contributed by atoms with van der Waals surface area (Å²) >= 11 is 0. The number of hydrogen-bond acceptors (Lipinski definition) is 5. The lowest BCUT2D eigenvalue weighted by molar-refractivity contribution is 0.0834. The first-order valence-electron chi connectivity index (χ1n) is 13.0. The van der Waals surface area contributed by atoms with E-state index >= 15 is 0 Å². The lowest BCUT2D eigenvalue weighted by Crippen LogP contribution is -2.46. The maximum Gasteiger partial charge on any atom is 0.332 e. The number of piperazine rings is 1. The van der Waals surface area contributed by atoms with Gasteiger partial charge in [-0.3, -0.25) is 9.69 Å². The zero-order chi connectivity index (χ0) is 28.1. The number of aryl methyl sites for hydroxylation is 1. The molecule has 10 heteroatoms. The van der Waals surface area contributed by atoms with Gasteiger partial charge in [0.2, 0.25) is 12.4 Å². The molecule has 5 nitrogen and oxygen atoms in total. The van der Waals surface area contributed by atoms with E-state index in [9.17, 15) is 26.7 Å². The van der Waals surface area contributed by atoms with Crippen LogP contribution in [0.4, 0.5) is 33.5 Å². The van der Waals surface area contributed by atoms with E-state index in [4.69, 9.17) is 5.73 Å². The summed E-state index contributed by atoms with van der Waals surface area (Å²) in [5, 5.41) is 0. The SMILES string of the molecule is CCCc1cc(-c2cc(-c3ccc(N4CCN(CCCC(F)F)CC4)cc3)c(F)nc2N)c(F)cc1C(=O)F. The van der Waals surface area contributed by atoms with Crippen LogP contribution in [0.3, 0.4) is 0 Å². The van der Waals surface area contributed by atoms with Gasteiger partial charge in [0.15, 0.2) is 0 Å². The van der Waals surface area contributed by atoms with Crippen molar-refractivity contribution in [3.63, 3.8) is 0 Å². The fourth-order valence-electron chi connectivity index (χ4n) is 4.96. The molecule has 0 atom stereocenters. The van der Waals surface area contributed by atoms with Crippen LogP contribution in [0.15, 0.2) is 42.5 Å². The average molecular weight is 547 g/mol. The van der Waals surface area contributed by atoms with Gasteiger partial charge in [0.25, 0.3) is 0 Å². The number of aromatic nitrogens is 1. The first kappa shape index (κ1) is 28.5. The second-order valence-corrected chi connectivity index (χ2v) is 9.68. The van der Waals surface area contributed by atoms with Crippen LogP contribution in [-0.2, 0) is 6.42 Å². The largest absolute Gasteiger partial charge is 0.383 e. The number of hydrogen-bond donors (Lipinski definition) is 1. The molecule has 0 saturated carbocycles. The van der Waals surface area contributed by atoms with Crippen molar-refractivity contribution >= 4 is 17.5 Å². The molecule has 3 aromatic rings. The first-order chi connectivity index (χ1) is 18.7. The predicted octanol–water partition coefficient (Wildman–Crippen LogP) is 6.51. The molecule has 208 valence electrons. The van der Waals surface area contributed by atoms with Crippen molar-refractivity contribution < 1.29 is 26.7 Å². The van der Waals surface area contributed by atoms with Gasteiger partial charge in [-0.15, -0.1) is 0 Å². The minimum Gasteiger partial charge on any atom is -0.383 e. The molecule has 1 aliphatic heterocycles. The summed E-state index contributed by atoms with van der Waals surface area (Å²) in [4.78, 5) is 19.5. The average Bonchev–Trinajstić information content (AvgIpc) is 2.90. The van der Waals surface area contributed by atoms with Crippen LogP contribution in [0.2, 0.25) is 0 Å². The van der Waals surface area contributed by atoms with Crippen LogP contribution in [0, 0.1) is 11.8 Å². The van der Waals surface area contributed by atoms with E-state index in [1.165, 1.54) is 12.1 Å². The summed E-state index contributed by atoms with van der Waals surface area (Å²) in [7, 11) is 0. The lowest BCUT2D eigenvalue weighted by atomic mass is 9.94. The van der Waals surface area contributed by atoms with Gasteiger partial charge in [-0.05, 0) is 60.8 Å². The summed E-state index contributed by atoms with van der Waals surface area (Å²) < 4.78 is 68.1. The molecule has 0 amide bonds. The summed E-state index contributed by atoms with van der Waals surface area (Å²) in [5.41, 5.74) is 7.70. The number of benzene rings is 2. The number of pyridine rings is 1. The number of alkyl halides is 2. The minimum absolute atomic E-state index is 0.0118. The van der Waals surface area contributed by atoms with Crippen LogP contribution in [0.1, 0.15) is 42.1 Å². The zero-order valence-electron chi connectivity index (χ0n) is 21.7. The molecule has 39 heavy (non-hydrogen) atoms. The molecule has 2 N–H and O–H groups in total. The van der Waals surface area contributed by atoms with E-state index in [2.05, 4.69) is 14.8 Å². The Labute approximate surface area is 224 Å². The van der Waals surface area contributed by atoms with Crippen LogP contribution in [0.25, 0.3) is 22.3 Å². The molecule has 0 spiro atoms. The van der Waals surface area contributed by atoms with Crippen molar-refractivity contribution in [1.29, 1.82) is 0 Å². The molecule has 1 aliphatic rings. The normalized spacial score (nSPS) is 14.3. The first-order valence-corrected chi connectivity index (χ1v) is 13.0. The summed E-state index contributed by atoms with van der Waals surface area (Å²) in [6.07, 6.45) is -0.932. The molecule has 1 saturated heterocycles. The van der Waals surface area contributed by atoms with Gasteiger partial charge >= 0.3 is 6.04 Å². The highest BCUT2D eigenvalue weighted by atomic mass is 19.3. The number of anilines is 2. The third-order valence-corrected chi connectivity index (χ3v) is 7.03. The molecule has 0 radical (unpaired) electrons. The lowest BCUT2D eigenvalue weighted by Gasteiger charge is -2.36. The third-order valence-electron chi connectivity index (χ3n) is 7.03. The second-order valence-electron chi connectivity index (χ2n) is 9.68. The maximum atomic E-state index is 15.0. The Morgan fingerprint density at radius 1 is 1.00 bits per heavy atom. The Morgan fingerprint density at radius 2 is 1.69 bits per heavy atom. The number of rotatable bonds is 10. The summed E-state index contributed by atoms with van der Waals surface area (Å²) in [6, 6.07) is 9.12. The number of carbonyl (C=O) groups is 1. The fraction of sp³-hybridized carbons (Fsp3) is 0.379. The van der Waals surface area contributed by atoms with Gasteiger partial charge in [0.1, 0.15) is 11.6 Å². The summed E-state index contributed by atoms with van der Waals surface area (Å²) in [6.45, 7) is 5.52. The second kappa shape index (κ2) is 12.5. The smallest absolute Gasteiger partial charge is 0.332 e. The number of carbonyl (C=O) groups excluding carboxylic acids is 1. The molecule has 1 fully saturated rings. The Bertz CT molecular complexity index is 1310. The highest BCUT2D eigenvalue weighted by Crippen LogP contribution is 2.35. The standard InChI is InChI=1S/C29H31F5N4O/c1-2-4-19-15-23(25(30)17-22(19)28(34)39)24-16-21(27(33)36-29(24)35)18-6-8-20(9-7-18)38-13-11-37(12-14-38)10-3-5-26(31)32/h6-9,15-17,26H,2-5,10-14H2,1H3,(H2,35,36). The Kier molecular flexibility index (Phi) is 9.16. The molecule has 2 aromatic carbocycles. The van der Waals surface area contributed by atoms with Gasteiger partial charge in [-0.1, -0.05) is 25.5 Å². The quantitative estimate of drug-likeness (QED) is 0.179. The number of halogens is 5. The van der Waals surface area contributed by atoms with Gasteiger partial charge < -0.3 is 10.6 Å². The van der Waals surface area contributed by atoms with Crippen LogP contribution >= 0.6 is 0 Å². The van der Waals surface area contributed by atoms with Crippen molar-refractivity contribution in [3.8, 4) is 22.3 Å². The van der Waals surface area contributed by atoms with Gasteiger partial charge in [0, 0.05) is 55.0 Å². The number of nitrogen functional groups attached to an aromatic ring is 1. The molecular weight excluding hydrogens is 515 g/mol. The molecule has 4 rings (SSSR count). The van der Waals surface area contributed by atoms with E-state index in [0.717, 1.165) is 37.9 Å². The molecule has 2 heterocycles. The van der Waals surface area contributed by atoms with E-state index < -0.39 is 24.2 Å². The molecular formula is C29H31F5N4O. The number of nitrogens with zero attached hydrogens (tertiary/aromatic N) is 3. The maximum absolute atomic E-state index is 15.0. The highest BCUT2D eigenvalue weighted by molar-refractivity contribution is 5.92. The number of nitrogens with two attached hydrogens (primary N) is 1. The Balaban J connectivity index is 1.55. The molecule has 1 aromatic heterocycles. The van der Waals surface area contributed by atoms with Crippen molar-refractivity contribution in [3.05, 3.63) is 65.4 Å². The van der Waals surface area contributed by atoms with E-state index in [1.807, 2.05) is 19.1 Å². The van der Waals surface area contributed by atoms with Gasteiger partial charge in [0.05, 0.1) is 5.56 Å². The third kappa shape index (κ3) is 6.73. The van der Waals surface area contributed by atoms with E-state index in [0.29, 0.717) is 36.9 Å². The monoisotopic (exact) mass is 546 g/mol. The van der Waals surface area contributed by atoms with Crippen LogP contribution in [0.5, 0.6) is 0 Å². The molecule has 0 bridgehead atoms. The topological polar surface area (TPSA) is 62.5 Å². The Hall–Kier alpha value is -3.53. The van der Waals surface area contributed by atoms with Crippen molar-refractivity contribution in [2.75, 3.05) is 43.4 Å². The van der Waals surface area contributed by atoms with Crippen LogP contribution < -0.4 is 10.6 Å². The van der Waals surface area contributed by atoms with Crippen molar-refractivity contribution in [1.82, 2.24) is 9.88 Å². The van der Waals surface area contributed by atoms with Crippen molar-refractivity contribution in [2.24, 2.45) is 0 Å². The summed E-state index contributed by atoms with van der Waals surface area (Å²) in [5.74, 6) is -1.89. The fourth-order valence-corrected chi connectivity index (χ4v) is 4.96.